The van der Waals surface area contributed by atoms with E-state index in [2.05, 4.69) is 12.2 Å². The molecule has 0 radical (unpaired) electrons. The van der Waals surface area contributed by atoms with E-state index in [4.69, 9.17) is 10.5 Å². The maximum atomic E-state index is 11.7. The van der Waals surface area contributed by atoms with E-state index in [0.717, 1.165) is 25.8 Å². The highest BCUT2D eigenvalue weighted by molar-refractivity contribution is 5.89. The van der Waals surface area contributed by atoms with Crippen molar-refractivity contribution in [2.75, 3.05) is 13.2 Å². The van der Waals surface area contributed by atoms with Crippen LogP contribution < -0.4 is 11.1 Å². The highest BCUT2D eigenvalue weighted by Crippen LogP contribution is 2.02. The highest BCUT2D eigenvalue weighted by atomic mass is 16.5. The highest BCUT2D eigenvalue weighted by Gasteiger charge is 2.09. The molecule has 3 N–H and O–H groups in total. The fourth-order valence-electron chi connectivity index (χ4n) is 2.01. The molecule has 0 heterocycles. The number of benzene rings is 1. The average molecular weight is 318 g/mol. The van der Waals surface area contributed by atoms with Gasteiger partial charge in [0.1, 0.15) is 6.04 Å². The van der Waals surface area contributed by atoms with Crippen molar-refractivity contribution in [1.82, 2.24) is 5.32 Å². The van der Waals surface area contributed by atoms with Gasteiger partial charge in [0.15, 0.2) is 0 Å². The minimum Gasteiger partial charge on any atom is -0.462 e. The van der Waals surface area contributed by atoms with Crippen molar-refractivity contribution < 1.29 is 14.3 Å². The van der Waals surface area contributed by atoms with Crippen LogP contribution in [0.4, 0.5) is 0 Å². The van der Waals surface area contributed by atoms with Gasteiger partial charge in [-0.1, -0.05) is 50.1 Å². The number of nitrogens with two attached hydrogens (primary N) is 1. The maximum absolute atomic E-state index is 11.7. The molecule has 0 bridgehead atoms. The first-order chi connectivity index (χ1) is 11.1. The van der Waals surface area contributed by atoms with Gasteiger partial charge in [-0.3, -0.25) is 4.79 Å². The Morgan fingerprint density at radius 3 is 2.65 bits per heavy atom. The van der Waals surface area contributed by atoms with Gasteiger partial charge in [0, 0.05) is 0 Å². The summed E-state index contributed by atoms with van der Waals surface area (Å²) in [5.74, 6) is -0.748. The zero-order valence-electron chi connectivity index (χ0n) is 13.7. The van der Waals surface area contributed by atoms with E-state index in [-0.39, 0.29) is 12.6 Å². The number of ether oxygens (including phenoxy) is 1. The monoisotopic (exact) mass is 318 g/mol. The largest absolute Gasteiger partial charge is 0.462 e. The molecule has 0 aliphatic rings. The van der Waals surface area contributed by atoms with Gasteiger partial charge in [0.2, 0.25) is 5.91 Å². The number of carbonyl (C=O) groups excluding carboxylic acids is 2. The number of nitrogens with one attached hydrogen (secondary N) is 1. The van der Waals surface area contributed by atoms with Gasteiger partial charge in [-0.05, 0) is 31.5 Å². The summed E-state index contributed by atoms with van der Waals surface area (Å²) in [5.41, 5.74) is 5.88. The minimum absolute atomic E-state index is 0.269. The first-order valence-electron chi connectivity index (χ1n) is 8.06. The topological polar surface area (TPSA) is 81.4 Å². The van der Waals surface area contributed by atoms with Gasteiger partial charge in [0.05, 0.1) is 12.2 Å². The van der Waals surface area contributed by atoms with Crippen LogP contribution in [-0.2, 0) is 9.53 Å². The second-order valence-corrected chi connectivity index (χ2v) is 5.26. The van der Waals surface area contributed by atoms with E-state index < -0.39 is 11.9 Å². The van der Waals surface area contributed by atoms with Gasteiger partial charge in [-0.15, -0.1) is 0 Å². The number of carbonyl (C=O) groups is 2. The lowest BCUT2D eigenvalue weighted by molar-refractivity contribution is -0.118. The van der Waals surface area contributed by atoms with E-state index in [9.17, 15) is 9.59 Å². The molecule has 1 aromatic carbocycles. The van der Waals surface area contributed by atoms with Crippen LogP contribution >= 0.6 is 0 Å². The SMILES string of the molecule is CCCCCNC(/C=C/CCOC(=O)c1ccccc1)C(N)=O. The molecule has 5 heteroatoms. The Kier molecular flexibility index (Phi) is 9.40. The van der Waals surface area contributed by atoms with Crippen LogP contribution in [-0.4, -0.2) is 31.1 Å². The van der Waals surface area contributed by atoms with Crippen LogP contribution in [0.1, 0.15) is 43.0 Å². The second kappa shape index (κ2) is 11.4. The number of rotatable bonds is 11. The third-order valence-corrected chi connectivity index (χ3v) is 3.31. The Balaban J connectivity index is 2.27. The van der Waals surface area contributed by atoms with Crippen LogP contribution in [0.25, 0.3) is 0 Å². The van der Waals surface area contributed by atoms with Crippen LogP contribution in [0.15, 0.2) is 42.5 Å². The number of hydrogen-bond acceptors (Lipinski definition) is 4. The molecule has 23 heavy (non-hydrogen) atoms. The van der Waals surface area contributed by atoms with E-state index in [1.54, 1.807) is 36.4 Å². The molecule has 1 aromatic rings. The van der Waals surface area contributed by atoms with Crippen molar-refractivity contribution in [3.8, 4) is 0 Å². The van der Waals surface area contributed by atoms with Gasteiger partial charge in [-0.2, -0.15) is 0 Å². The molecule has 0 aliphatic carbocycles. The first-order valence-corrected chi connectivity index (χ1v) is 8.06. The van der Waals surface area contributed by atoms with Gasteiger partial charge in [0.25, 0.3) is 0 Å². The Labute approximate surface area is 137 Å². The molecule has 0 fully saturated rings. The Morgan fingerprint density at radius 1 is 1.26 bits per heavy atom. The Hall–Kier alpha value is -2.14. The third-order valence-electron chi connectivity index (χ3n) is 3.31. The zero-order chi connectivity index (χ0) is 16.9. The Bertz CT molecular complexity index is 500. The lowest BCUT2D eigenvalue weighted by Gasteiger charge is -2.11. The van der Waals surface area contributed by atoms with Crippen LogP contribution in [0.5, 0.6) is 0 Å². The molecule has 5 nitrogen and oxygen atoms in total. The lowest BCUT2D eigenvalue weighted by Crippen LogP contribution is -2.40. The molecular formula is C18H26N2O3. The molecule has 126 valence electrons. The molecule has 1 rings (SSSR count). The molecule has 0 aliphatic heterocycles. The molecule has 0 saturated heterocycles. The van der Waals surface area contributed by atoms with E-state index >= 15 is 0 Å². The van der Waals surface area contributed by atoms with Gasteiger partial charge in [-0.25, -0.2) is 4.79 Å². The van der Waals surface area contributed by atoms with Crippen molar-refractivity contribution in [2.45, 2.75) is 38.6 Å². The van der Waals surface area contributed by atoms with E-state index in [0.29, 0.717) is 12.0 Å². The number of unbranched alkanes of at least 4 members (excludes halogenated alkanes) is 2. The summed E-state index contributed by atoms with van der Waals surface area (Å²) in [7, 11) is 0. The molecule has 0 saturated carbocycles. The zero-order valence-corrected chi connectivity index (χ0v) is 13.7. The molecule has 1 atom stereocenters. The van der Waals surface area contributed by atoms with Crippen molar-refractivity contribution in [2.24, 2.45) is 5.73 Å². The predicted molar refractivity (Wildman–Crippen MR) is 91.0 cm³/mol. The third kappa shape index (κ3) is 8.16. The van der Waals surface area contributed by atoms with Gasteiger partial charge >= 0.3 is 5.97 Å². The fraction of sp³-hybridized carbons (Fsp3) is 0.444. The summed E-state index contributed by atoms with van der Waals surface area (Å²) in [6, 6.07) is 8.37. The molecule has 0 aromatic heterocycles. The summed E-state index contributed by atoms with van der Waals surface area (Å²) in [6.07, 6.45) is 7.34. The summed E-state index contributed by atoms with van der Waals surface area (Å²) in [6.45, 7) is 3.16. The lowest BCUT2D eigenvalue weighted by atomic mass is 10.2. The van der Waals surface area contributed by atoms with Gasteiger partial charge < -0.3 is 15.8 Å². The smallest absolute Gasteiger partial charge is 0.338 e. The number of primary amides is 1. The summed E-state index contributed by atoms with van der Waals surface area (Å²) < 4.78 is 5.16. The predicted octanol–water partition coefficient (Wildman–Crippen LogP) is 2.42. The fourth-order valence-corrected chi connectivity index (χ4v) is 2.01. The number of esters is 1. The summed E-state index contributed by atoms with van der Waals surface area (Å²) in [4.78, 5) is 23.1. The average Bonchev–Trinajstić information content (AvgIpc) is 2.56. The number of hydrogen-bond donors (Lipinski definition) is 2. The first kappa shape index (κ1) is 18.9. The van der Waals surface area contributed by atoms with Crippen molar-refractivity contribution in [3.63, 3.8) is 0 Å². The Morgan fingerprint density at radius 2 is 2.00 bits per heavy atom. The van der Waals surface area contributed by atoms with Crippen LogP contribution in [0, 0.1) is 0 Å². The van der Waals surface area contributed by atoms with Crippen molar-refractivity contribution >= 4 is 11.9 Å². The summed E-state index contributed by atoms with van der Waals surface area (Å²) >= 11 is 0. The standard InChI is InChI=1S/C18H26N2O3/c1-2-3-8-13-20-16(17(19)21)12-7-9-14-23-18(22)15-10-5-4-6-11-15/h4-7,10-12,16,20H,2-3,8-9,13-14H2,1H3,(H2,19,21)/b12-7+. The molecule has 1 amide bonds. The quantitative estimate of drug-likeness (QED) is 0.373. The maximum Gasteiger partial charge on any atom is 0.338 e. The van der Waals surface area contributed by atoms with Crippen LogP contribution in [0.3, 0.4) is 0 Å². The minimum atomic E-state index is -0.475. The van der Waals surface area contributed by atoms with Crippen molar-refractivity contribution in [1.29, 1.82) is 0 Å². The normalized spacial score (nSPS) is 12.2. The van der Waals surface area contributed by atoms with Crippen LogP contribution in [0.2, 0.25) is 0 Å². The molecule has 0 spiro atoms. The van der Waals surface area contributed by atoms with E-state index in [1.165, 1.54) is 0 Å². The van der Waals surface area contributed by atoms with E-state index in [1.807, 2.05) is 6.07 Å². The summed E-state index contributed by atoms with van der Waals surface area (Å²) in [5, 5.41) is 3.11. The second-order valence-electron chi connectivity index (χ2n) is 5.26. The van der Waals surface area contributed by atoms with Crippen molar-refractivity contribution in [3.05, 3.63) is 48.0 Å². The molecule has 1 unspecified atom stereocenters. The molecular weight excluding hydrogens is 292 g/mol. The number of amides is 1.